The van der Waals surface area contributed by atoms with Crippen LogP contribution in [0.15, 0.2) is 85.2 Å². The first kappa shape index (κ1) is 35.5. The van der Waals surface area contributed by atoms with Crippen LogP contribution in [0.2, 0.25) is 0 Å². The largest absolute Gasteiger partial charge is 0.365 e. The van der Waals surface area contributed by atoms with Crippen LogP contribution >= 0.6 is 0 Å². The Kier molecular flexibility index (Phi) is 12.7. The van der Waals surface area contributed by atoms with Crippen molar-refractivity contribution in [2.24, 2.45) is 23.7 Å². The minimum Gasteiger partial charge on any atom is -0.365 e. The molecule has 0 saturated heterocycles. The van der Waals surface area contributed by atoms with Gasteiger partial charge in [0.15, 0.2) is 0 Å². The number of benzene rings is 2. The van der Waals surface area contributed by atoms with Crippen molar-refractivity contribution in [3.8, 4) is 22.5 Å². The Balaban J connectivity index is 1.29. The maximum absolute atomic E-state index is 7.58. The Morgan fingerprint density at radius 1 is 0.510 bits per heavy atom. The van der Waals surface area contributed by atoms with Crippen LogP contribution in [0.4, 0.5) is 0 Å². The van der Waals surface area contributed by atoms with E-state index in [9.17, 15) is 0 Å². The fourth-order valence-corrected chi connectivity index (χ4v) is 8.63. The van der Waals surface area contributed by atoms with Crippen LogP contribution in [-0.4, -0.2) is 9.97 Å². The Morgan fingerprint density at radius 2 is 0.898 bits per heavy atom. The van der Waals surface area contributed by atoms with Crippen LogP contribution in [-0.2, 0) is 17.6 Å². The summed E-state index contributed by atoms with van der Waals surface area (Å²) in [6, 6.07) is 27.3. The molecule has 2 aromatic carbocycles. The summed E-state index contributed by atoms with van der Waals surface area (Å²) in [4.78, 5) is 9.64. The number of hydrogen-bond donors (Lipinski definition) is 0. The third-order valence-corrected chi connectivity index (χ3v) is 11.9. The molecule has 3 heteroatoms. The minimum absolute atomic E-state index is 0.0908. The summed E-state index contributed by atoms with van der Waals surface area (Å²) >= 11 is 0. The zero-order valence-electron chi connectivity index (χ0n) is 30.7. The van der Waals surface area contributed by atoms with Crippen LogP contribution in [0.5, 0.6) is 0 Å². The average molecular weight is 657 g/mol. The number of pyridine rings is 2. The molecule has 0 aliphatic heterocycles. The lowest BCUT2D eigenvalue weighted by Gasteiger charge is -2.40. The lowest BCUT2D eigenvalue weighted by Crippen LogP contribution is -2.28. The molecule has 2 aliphatic carbocycles. The van der Waals surface area contributed by atoms with Gasteiger partial charge in [-0.05, 0) is 96.6 Å². The fraction of sp³-hybridized carbons (Fsp3) is 0.522. The molecule has 3 nitrogen and oxygen atoms in total. The zero-order valence-corrected chi connectivity index (χ0v) is 30.7. The highest BCUT2D eigenvalue weighted by atomic mass is 16.5. The third kappa shape index (κ3) is 9.09. The lowest BCUT2D eigenvalue weighted by molar-refractivity contribution is -0.0905. The molecule has 2 heterocycles. The fourth-order valence-electron chi connectivity index (χ4n) is 8.63. The Labute approximate surface area is 297 Å². The van der Waals surface area contributed by atoms with Crippen LogP contribution in [0.25, 0.3) is 22.5 Å². The molecule has 0 radical (unpaired) electrons. The molecule has 260 valence electrons. The Morgan fingerprint density at radius 3 is 1.20 bits per heavy atom. The van der Waals surface area contributed by atoms with E-state index in [0.29, 0.717) is 11.8 Å². The van der Waals surface area contributed by atoms with E-state index in [1.54, 1.807) is 0 Å². The van der Waals surface area contributed by atoms with Crippen molar-refractivity contribution >= 4 is 0 Å². The van der Waals surface area contributed by atoms with E-state index in [1.807, 2.05) is 12.4 Å². The predicted molar refractivity (Wildman–Crippen MR) is 205 cm³/mol. The normalized spacial score (nSPS) is 22.4. The van der Waals surface area contributed by atoms with Gasteiger partial charge in [0.1, 0.15) is 0 Å². The van der Waals surface area contributed by atoms with Crippen molar-refractivity contribution < 1.29 is 4.74 Å². The van der Waals surface area contributed by atoms with Gasteiger partial charge in [0.05, 0.1) is 23.6 Å². The molecule has 2 saturated carbocycles. The topological polar surface area (TPSA) is 35.0 Å². The Bertz CT molecular complexity index is 1410. The number of aromatic nitrogens is 2. The first-order valence-electron chi connectivity index (χ1n) is 19.8. The van der Waals surface area contributed by atoms with Crippen molar-refractivity contribution in [2.45, 2.75) is 130 Å². The van der Waals surface area contributed by atoms with Crippen molar-refractivity contribution in [1.29, 1.82) is 0 Å². The van der Waals surface area contributed by atoms with E-state index >= 15 is 0 Å². The van der Waals surface area contributed by atoms with Crippen LogP contribution in [0.1, 0.15) is 139 Å². The van der Waals surface area contributed by atoms with Crippen LogP contribution < -0.4 is 0 Å². The van der Waals surface area contributed by atoms with E-state index in [-0.39, 0.29) is 12.2 Å². The van der Waals surface area contributed by atoms with Gasteiger partial charge in [-0.2, -0.15) is 0 Å². The molecule has 2 aliphatic rings. The minimum atomic E-state index is 0.0908. The maximum Gasteiger partial charge on any atom is 0.0861 e. The molecule has 0 spiro atoms. The van der Waals surface area contributed by atoms with Gasteiger partial charge in [0.25, 0.3) is 0 Å². The van der Waals surface area contributed by atoms with Crippen molar-refractivity contribution in [2.75, 3.05) is 0 Å². The number of aryl methyl sites for hydroxylation is 2. The summed E-state index contributed by atoms with van der Waals surface area (Å²) in [5, 5.41) is 0. The summed E-state index contributed by atoms with van der Waals surface area (Å²) in [6.07, 6.45) is 21.6. The third-order valence-electron chi connectivity index (χ3n) is 11.9. The molecule has 2 fully saturated rings. The van der Waals surface area contributed by atoms with Crippen molar-refractivity contribution in [1.82, 2.24) is 9.97 Å². The number of nitrogens with zero attached hydrogens (tertiary/aromatic N) is 2. The molecule has 4 aromatic rings. The molecule has 0 N–H and O–H groups in total. The van der Waals surface area contributed by atoms with E-state index in [0.717, 1.165) is 48.9 Å². The number of hydrogen-bond acceptors (Lipinski definition) is 3. The summed E-state index contributed by atoms with van der Waals surface area (Å²) in [5.74, 6) is 2.80. The first-order valence-corrected chi connectivity index (χ1v) is 19.8. The van der Waals surface area contributed by atoms with Crippen LogP contribution in [0.3, 0.4) is 0 Å². The van der Waals surface area contributed by atoms with Crippen LogP contribution in [0, 0.1) is 23.7 Å². The average Bonchev–Trinajstić information content (AvgIpc) is 3.17. The van der Waals surface area contributed by atoms with E-state index in [4.69, 9.17) is 14.7 Å². The van der Waals surface area contributed by atoms with E-state index in [2.05, 4.69) is 100 Å². The van der Waals surface area contributed by atoms with Gasteiger partial charge >= 0.3 is 0 Å². The molecule has 6 rings (SSSR count). The lowest BCUT2D eigenvalue weighted by atomic mass is 9.75. The SMILES string of the molecule is CCCc1ccc(-c2ccc(C(OC(c3ccc(-c4ccc(CCC)cn4)cc3)[C@H]3CC[C@H](CC)CC3)[C@H]3CC[C@H](CC)CC3)cc2)nc1. The van der Waals surface area contributed by atoms with Gasteiger partial charge < -0.3 is 4.74 Å². The van der Waals surface area contributed by atoms with E-state index in [1.165, 1.54) is 97.6 Å². The summed E-state index contributed by atoms with van der Waals surface area (Å²) < 4.78 is 7.58. The zero-order chi connectivity index (χ0) is 34.0. The number of rotatable bonds is 14. The van der Waals surface area contributed by atoms with Gasteiger partial charge in [-0.3, -0.25) is 9.97 Å². The second-order valence-electron chi connectivity index (χ2n) is 15.2. The quantitative estimate of drug-likeness (QED) is 0.135. The highest BCUT2D eigenvalue weighted by Crippen LogP contribution is 2.47. The second-order valence-corrected chi connectivity index (χ2v) is 15.2. The van der Waals surface area contributed by atoms with Gasteiger partial charge in [0.2, 0.25) is 0 Å². The highest BCUT2D eigenvalue weighted by molar-refractivity contribution is 5.60. The van der Waals surface area contributed by atoms with Crippen molar-refractivity contribution in [3.63, 3.8) is 0 Å². The predicted octanol–water partition coefficient (Wildman–Crippen LogP) is 12.9. The van der Waals surface area contributed by atoms with Crippen molar-refractivity contribution in [3.05, 3.63) is 107 Å². The molecular formula is C46H60N2O. The maximum atomic E-state index is 7.58. The first-order chi connectivity index (χ1) is 24.1. The molecule has 0 amide bonds. The van der Waals surface area contributed by atoms with Gasteiger partial charge in [-0.25, -0.2) is 0 Å². The smallest absolute Gasteiger partial charge is 0.0861 e. The van der Waals surface area contributed by atoms with Gasteiger partial charge in [0, 0.05) is 23.5 Å². The molecule has 2 aromatic heterocycles. The van der Waals surface area contributed by atoms with E-state index < -0.39 is 0 Å². The summed E-state index contributed by atoms with van der Waals surface area (Å²) in [5.41, 5.74) is 9.74. The molecule has 0 bridgehead atoms. The van der Waals surface area contributed by atoms with Gasteiger partial charge in [-0.1, -0.05) is 140 Å². The summed E-state index contributed by atoms with van der Waals surface area (Å²) in [6.45, 7) is 9.17. The van der Waals surface area contributed by atoms with Gasteiger partial charge in [-0.15, -0.1) is 0 Å². The molecular weight excluding hydrogens is 597 g/mol. The molecule has 2 atom stereocenters. The molecule has 2 unspecified atom stereocenters. The monoisotopic (exact) mass is 656 g/mol. The number of ether oxygens (including phenoxy) is 1. The summed E-state index contributed by atoms with van der Waals surface area (Å²) in [7, 11) is 0. The highest BCUT2D eigenvalue weighted by Gasteiger charge is 2.35. The molecule has 49 heavy (non-hydrogen) atoms. The second kappa shape index (κ2) is 17.6. The standard InChI is InChI=1S/C46H60N2O/c1-5-9-35-15-29-43(47-31-35)37-21-25-41(26-22-37)45(39-17-11-33(7-3)12-18-39)49-46(40-19-13-34(8-4)14-20-40)42-27-23-38(24-28-42)44-30-16-36(10-6-2)32-48-44/h15-16,21-34,39-40,45-46H,5-14,17-20H2,1-4H3/t33-,34-,39-,40-,45?,46?. The Hall–Kier alpha value is -3.30.